The highest BCUT2D eigenvalue weighted by Crippen LogP contribution is 2.10. The Kier molecular flexibility index (Phi) is 5.38. The molecule has 0 saturated carbocycles. The summed E-state index contributed by atoms with van der Waals surface area (Å²) in [5, 5.41) is 0. The summed E-state index contributed by atoms with van der Waals surface area (Å²) in [4.78, 5) is 27.6. The summed E-state index contributed by atoms with van der Waals surface area (Å²) < 4.78 is 0. The van der Waals surface area contributed by atoms with Crippen LogP contribution in [0.1, 0.15) is 34.1 Å². The van der Waals surface area contributed by atoms with Gasteiger partial charge < -0.3 is 9.80 Å². The topological polar surface area (TPSA) is 40.6 Å². The Labute approximate surface area is 110 Å². The number of carbonyl (C=O) groups excluding carboxylic acids is 2. The van der Waals surface area contributed by atoms with Crippen LogP contribution in [0.25, 0.3) is 0 Å². The van der Waals surface area contributed by atoms with E-state index in [1.54, 1.807) is 0 Å². The van der Waals surface area contributed by atoms with Gasteiger partial charge in [0.05, 0.1) is 0 Å². The van der Waals surface area contributed by atoms with Crippen LogP contribution in [-0.2, 0) is 9.59 Å². The van der Waals surface area contributed by atoms with Crippen LogP contribution >= 0.6 is 0 Å². The predicted molar refractivity (Wildman–Crippen MR) is 72.0 cm³/mol. The van der Waals surface area contributed by atoms with Crippen LogP contribution in [0.4, 0.5) is 0 Å². The van der Waals surface area contributed by atoms with Gasteiger partial charge in [-0.3, -0.25) is 9.59 Å². The number of hydrogen-bond donors (Lipinski definition) is 0. The van der Waals surface area contributed by atoms with Gasteiger partial charge in [-0.2, -0.15) is 0 Å². The standard InChI is InChI=1S/C14H24N2O2/c1-5-6-12(4)14(18)16-9-7-15(8-10-16)13(17)11(2)3/h6,11H,5,7-10H2,1-4H3/b12-6+. The molecule has 1 aliphatic heterocycles. The van der Waals surface area contributed by atoms with Crippen molar-refractivity contribution in [3.63, 3.8) is 0 Å². The second-order valence-electron chi connectivity index (χ2n) is 5.07. The molecule has 18 heavy (non-hydrogen) atoms. The highest BCUT2D eigenvalue weighted by Gasteiger charge is 2.25. The molecule has 1 aliphatic rings. The quantitative estimate of drug-likeness (QED) is 0.717. The Bertz CT molecular complexity index is 340. The van der Waals surface area contributed by atoms with Crippen molar-refractivity contribution in [3.8, 4) is 0 Å². The van der Waals surface area contributed by atoms with Gasteiger partial charge in [-0.1, -0.05) is 26.8 Å². The van der Waals surface area contributed by atoms with Gasteiger partial charge in [0.15, 0.2) is 0 Å². The third kappa shape index (κ3) is 3.59. The maximum atomic E-state index is 12.1. The van der Waals surface area contributed by atoms with E-state index in [0.29, 0.717) is 26.2 Å². The SMILES string of the molecule is CC/C=C(\C)C(=O)N1CCN(C(=O)C(C)C)CC1. The van der Waals surface area contributed by atoms with Crippen molar-refractivity contribution in [1.82, 2.24) is 9.80 Å². The highest BCUT2D eigenvalue weighted by atomic mass is 16.2. The van der Waals surface area contributed by atoms with E-state index in [1.165, 1.54) is 0 Å². The molecule has 2 amide bonds. The second-order valence-corrected chi connectivity index (χ2v) is 5.07. The van der Waals surface area contributed by atoms with Crippen LogP contribution in [-0.4, -0.2) is 47.8 Å². The lowest BCUT2D eigenvalue weighted by molar-refractivity contribution is -0.139. The van der Waals surface area contributed by atoms with Crippen LogP contribution in [0.3, 0.4) is 0 Å². The van der Waals surface area contributed by atoms with Gasteiger partial charge in [0.25, 0.3) is 0 Å². The lowest BCUT2D eigenvalue weighted by Gasteiger charge is -2.35. The predicted octanol–water partition coefficient (Wildman–Crippen LogP) is 1.67. The molecule has 4 nitrogen and oxygen atoms in total. The molecular formula is C14H24N2O2. The molecule has 0 aliphatic carbocycles. The Hall–Kier alpha value is -1.32. The summed E-state index contributed by atoms with van der Waals surface area (Å²) in [5.41, 5.74) is 0.807. The zero-order valence-electron chi connectivity index (χ0n) is 11.9. The number of carbonyl (C=O) groups is 2. The van der Waals surface area contributed by atoms with E-state index in [0.717, 1.165) is 12.0 Å². The zero-order chi connectivity index (χ0) is 13.7. The highest BCUT2D eigenvalue weighted by molar-refractivity contribution is 5.93. The number of allylic oxidation sites excluding steroid dienone is 1. The van der Waals surface area contributed by atoms with Crippen molar-refractivity contribution in [2.75, 3.05) is 26.2 Å². The first-order valence-electron chi connectivity index (χ1n) is 6.72. The summed E-state index contributed by atoms with van der Waals surface area (Å²) in [6.45, 7) is 10.3. The molecule has 0 spiro atoms. The van der Waals surface area contributed by atoms with Gasteiger partial charge in [0.2, 0.25) is 11.8 Å². The number of nitrogens with zero attached hydrogens (tertiary/aromatic N) is 2. The molecule has 0 N–H and O–H groups in total. The Morgan fingerprint density at radius 1 is 1.11 bits per heavy atom. The van der Waals surface area contributed by atoms with E-state index in [4.69, 9.17) is 0 Å². The summed E-state index contributed by atoms with van der Waals surface area (Å²) in [7, 11) is 0. The molecule has 0 unspecified atom stereocenters. The van der Waals surface area contributed by atoms with E-state index in [1.807, 2.05) is 43.6 Å². The molecule has 0 radical (unpaired) electrons. The van der Waals surface area contributed by atoms with E-state index in [2.05, 4.69) is 0 Å². The minimum absolute atomic E-state index is 0.0361. The first-order chi connectivity index (χ1) is 8.47. The van der Waals surface area contributed by atoms with Gasteiger partial charge in [-0.05, 0) is 13.3 Å². The van der Waals surface area contributed by atoms with Crippen molar-refractivity contribution < 1.29 is 9.59 Å². The van der Waals surface area contributed by atoms with Crippen molar-refractivity contribution >= 4 is 11.8 Å². The average molecular weight is 252 g/mol. The van der Waals surface area contributed by atoms with Gasteiger partial charge in [-0.15, -0.1) is 0 Å². The summed E-state index contributed by atoms with van der Waals surface area (Å²) in [6.07, 6.45) is 2.83. The second kappa shape index (κ2) is 6.57. The molecule has 0 bridgehead atoms. The molecule has 1 heterocycles. The fraction of sp³-hybridized carbons (Fsp3) is 0.714. The molecule has 1 rings (SSSR count). The van der Waals surface area contributed by atoms with Crippen molar-refractivity contribution in [2.24, 2.45) is 5.92 Å². The molecule has 0 aromatic carbocycles. The summed E-state index contributed by atoms with van der Waals surface area (Å²) >= 11 is 0. The fourth-order valence-corrected chi connectivity index (χ4v) is 2.14. The third-order valence-corrected chi connectivity index (χ3v) is 3.22. The fourth-order valence-electron chi connectivity index (χ4n) is 2.14. The number of hydrogen-bond acceptors (Lipinski definition) is 2. The Morgan fingerprint density at radius 3 is 2.06 bits per heavy atom. The van der Waals surface area contributed by atoms with E-state index in [9.17, 15) is 9.59 Å². The first kappa shape index (κ1) is 14.7. The number of rotatable bonds is 3. The Morgan fingerprint density at radius 2 is 1.61 bits per heavy atom. The summed E-state index contributed by atoms with van der Waals surface area (Å²) in [6, 6.07) is 0. The van der Waals surface area contributed by atoms with Gasteiger partial charge >= 0.3 is 0 Å². The number of amides is 2. The Balaban J connectivity index is 2.52. The van der Waals surface area contributed by atoms with E-state index < -0.39 is 0 Å². The van der Waals surface area contributed by atoms with Crippen LogP contribution in [0.15, 0.2) is 11.6 Å². The average Bonchev–Trinajstić information content (AvgIpc) is 2.37. The molecule has 0 aromatic heterocycles. The maximum Gasteiger partial charge on any atom is 0.249 e. The minimum Gasteiger partial charge on any atom is -0.339 e. The van der Waals surface area contributed by atoms with Crippen LogP contribution < -0.4 is 0 Å². The maximum absolute atomic E-state index is 12.1. The van der Waals surface area contributed by atoms with E-state index in [-0.39, 0.29) is 17.7 Å². The molecular weight excluding hydrogens is 228 g/mol. The first-order valence-corrected chi connectivity index (χ1v) is 6.72. The smallest absolute Gasteiger partial charge is 0.249 e. The van der Waals surface area contributed by atoms with Crippen molar-refractivity contribution in [2.45, 2.75) is 34.1 Å². The zero-order valence-corrected chi connectivity index (χ0v) is 11.9. The lowest BCUT2D eigenvalue weighted by atomic mass is 10.1. The van der Waals surface area contributed by atoms with Crippen LogP contribution in [0.2, 0.25) is 0 Å². The van der Waals surface area contributed by atoms with Crippen LogP contribution in [0.5, 0.6) is 0 Å². The van der Waals surface area contributed by atoms with E-state index >= 15 is 0 Å². The van der Waals surface area contributed by atoms with Crippen molar-refractivity contribution in [1.29, 1.82) is 0 Å². The monoisotopic (exact) mass is 252 g/mol. The lowest BCUT2D eigenvalue weighted by Crippen LogP contribution is -2.51. The molecule has 0 atom stereocenters. The van der Waals surface area contributed by atoms with Gasteiger partial charge in [0, 0.05) is 37.7 Å². The van der Waals surface area contributed by atoms with Gasteiger partial charge in [-0.25, -0.2) is 0 Å². The molecule has 1 saturated heterocycles. The summed E-state index contributed by atoms with van der Waals surface area (Å²) in [5.74, 6) is 0.324. The third-order valence-electron chi connectivity index (χ3n) is 3.22. The van der Waals surface area contributed by atoms with Gasteiger partial charge in [0.1, 0.15) is 0 Å². The molecule has 1 fully saturated rings. The normalized spacial score (nSPS) is 17.3. The minimum atomic E-state index is 0.0361. The molecule has 0 aromatic rings. The van der Waals surface area contributed by atoms with Crippen molar-refractivity contribution in [3.05, 3.63) is 11.6 Å². The largest absolute Gasteiger partial charge is 0.339 e. The molecule has 4 heteroatoms. The molecule has 102 valence electrons. The number of piperazine rings is 1. The van der Waals surface area contributed by atoms with Crippen LogP contribution in [0, 0.1) is 5.92 Å².